The molecular formula is C20H16N4O. The van der Waals surface area contributed by atoms with Crippen LogP contribution in [0.2, 0.25) is 0 Å². The molecule has 0 unspecified atom stereocenters. The molecule has 0 fully saturated rings. The van der Waals surface area contributed by atoms with Crippen molar-refractivity contribution in [2.45, 2.75) is 6.42 Å². The van der Waals surface area contributed by atoms with Crippen molar-refractivity contribution in [2.75, 3.05) is 16.8 Å². The zero-order valence-corrected chi connectivity index (χ0v) is 13.5. The predicted octanol–water partition coefficient (Wildman–Crippen LogP) is 3.41. The summed E-state index contributed by atoms with van der Waals surface area (Å²) in [5.74, 6) is 0.408. The summed E-state index contributed by atoms with van der Waals surface area (Å²) >= 11 is 0. The Hall–Kier alpha value is -3.34. The van der Waals surface area contributed by atoms with E-state index in [1.807, 2.05) is 47.4 Å². The summed E-state index contributed by atoms with van der Waals surface area (Å²) in [4.78, 5) is 18.8. The van der Waals surface area contributed by atoms with Crippen LogP contribution < -0.4 is 16.0 Å². The molecule has 5 nitrogen and oxygen atoms in total. The zero-order valence-electron chi connectivity index (χ0n) is 13.5. The second-order valence-electron chi connectivity index (χ2n) is 6.31. The van der Waals surface area contributed by atoms with Gasteiger partial charge in [0, 0.05) is 34.3 Å². The van der Waals surface area contributed by atoms with Gasteiger partial charge in [-0.05, 0) is 36.2 Å². The summed E-state index contributed by atoms with van der Waals surface area (Å²) in [5, 5.41) is 4.74. The molecule has 0 spiro atoms. The highest BCUT2D eigenvalue weighted by Crippen LogP contribution is 2.38. The number of hydrogen-bond acceptors (Lipinski definition) is 2. The Bertz CT molecular complexity index is 1070. The number of para-hydroxylation sites is 1. The van der Waals surface area contributed by atoms with Gasteiger partial charge in [-0.15, -0.1) is 0 Å². The molecule has 3 aromatic rings. The highest BCUT2D eigenvalue weighted by molar-refractivity contribution is 6.25. The minimum Gasteiger partial charge on any atom is -0.369 e. The van der Waals surface area contributed by atoms with Gasteiger partial charge < -0.3 is 16.0 Å². The molecule has 0 radical (unpaired) electrons. The fourth-order valence-electron chi connectivity index (χ4n) is 3.73. The number of anilines is 2. The van der Waals surface area contributed by atoms with Crippen molar-refractivity contribution in [3.05, 3.63) is 65.7 Å². The molecule has 0 aliphatic carbocycles. The van der Waals surface area contributed by atoms with Gasteiger partial charge in [-0.2, -0.15) is 0 Å². The maximum Gasteiger partial charge on any atom is 0.256 e. The number of guanidine groups is 1. The van der Waals surface area contributed by atoms with Crippen molar-refractivity contribution in [2.24, 2.45) is 10.7 Å². The number of hydrogen-bond donors (Lipinski definition) is 2. The van der Waals surface area contributed by atoms with Gasteiger partial charge >= 0.3 is 0 Å². The lowest BCUT2D eigenvalue weighted by molar-refractivity contribution is 0.103. The lowest BCUT2D eigenvalue weighted by atomic mass is 10.0. The number of carbonyl (C=O) groups is 1. The number of aliphatic imine (C=N–C) groups is 1. The highest BCUT2D eigenvalue weighted by Gasteiger charge is 2.24. The normalized spacial score (nSPS) is 15.6. The summed E-state index contributed by atoms with van der Waals surface area (Å²) in [6.45, 7) is 0.829. The van der Waals surface area contributed by atoms with Crippen molar-refractivity contribution in [3.63, 3.8) is 0 Å². The average molecular weight is 328 g/mol. The van der Waals surface area contributed by atoms with Crippen LogP contribution in [0.1, 0.15) is 15.9 Å². The van der Waals surface area contributed by atoms with Crippen LogP contribution in [0.5, 0.6) is 0 Å². The van der Waals surface area contributed by atoms with E-state index in [-0.39, 0.29) is 5.91 Å². The Morgan fingerprint density at radius 1 is 1.08 bits per heavy atom. The Balaban J connectivity index is 1.63. The van der Waals surface area contributed by atoms with Crippen LogP contribution in [0, 0.1) is 0 Å². The summed E-state index contributed by atoms with van der Waals surface area (Å²) in [5.41, 5.74) is 11.0. The number of benzene rings is 3. The third-order valence-corrected chi connectivity index (χ3v) is 4.91. The maximum absolute atomic E-state index is 12.0. The summed E-state index contributed by atoms with van der Waals surface area (Å²) < 4.78 is 0. The molecule has 5 rings (SSSR count). The molecule has 3 N–H and O–H groups in total. The van der Waals surface area contributed by atoms with Crippen LogP contribution in [0.15, 0.2) is 59.6 Å². The highest BCUT2D eigenvalue weighted by atomic mass is 16.1. The van der Waals surface area contributed by atoms with E-state index in [0.717, 1.165) is 40.8 Å². The van der Waals surface area contributed by atoms with E-state index in [1.54, 1.807) is 0 Å². The van der Waals surface area contributed by atoms with Gasteiger partial charge in [-0.25, -0.2) is 4.99 Å². The molecule has 3 aromatic carbocycles. The number of carbonyl (C=O) groups excluding carboxylic acids is 1. The molecule has 0 aromatic heterocycles. The first-order valence-corrected chi connectivity index (χ1v) is 8.29. The fourth-order valence-corrected chi connectivity index (χ4v) is 3.73. The molecule has 1 amide bonds. The van der Waals surface area contributed by atoms with Crippen molar-refractivity contribution >= 4 is 39.7 Å². The zero-order chi connectivity index (χ0) is 17.0. The number of rotatable bonds is 1. The van der Waals surface area contributed by atoms with E-state index < -0.39 is 0 Å². The lowest BCUT2D eigenvalue weighted by Crippen LogP contribution is -2.35. The molecule has 2 aliphatic heterocycles. The first-order valence-electron chi connectivity index (χ1n) is 8.29. The Morgan fingerprint density at radius 3 is 2.88 bits per heavy atom. The molecule has 2 heterocycles. The van der Waals surface area contributed by atoms with Crippen LogP contribution in [0.25, 0.3) is 10.8 Å². The minimum atomic E-state index is -0.0665. The van der Waals surface area contributed by atoms with Gasteiger partial charge in [0.1, 0.15) is 0 Å². The van der Waals surface area contributed by atoms with Crippen LogP contribution >= 0.6 is 0 Å². The van der Waals surface area contributed by atoms with Crippen LogP contribution in [-0.4, -0.2) is 18.4 Å². The number of fused-ring (bicyclic) bond motifs is 1. The van der Waals surface area contributed by atoms with Crippen molar-refractivity contribution in [1.82, 2.24) is 0 Å². The van der Waals surface area contributed by atoms with Crippen molar-refractivity contribution in [3.8, 4) is 0 Å². The number of nitrogens with zero attached hydrogens (tertiary/aromatic N) is 2. The largest absolute Gasteiger partial charge is 0.369 e. The van der Waals surface area contributed by atoms with Crippen LogP contribution in [-0.2, 0) is 6.42 Å². The molecule has 0 atom stereocenters. The molecular weight excluding hydrogens is 312 g/mol. The summed E-state index contributed by atoms with van der Waals surface area (Å²) in [6.07, 6.45) is 0.967. The second kappa shape index (κ2) is 5.08. The number of amides is 1. The van der Waals surface area contributed by atoms with Crippen LogP contribution in [0.4, 0.5) is 17.1 Å². The molecule has 2 aliphatic rings. The van der Waals surface area contributed by atoms with E-state index in [9.17, 15) is 4.79 Å². The molecule has 0 saturated heterocycles. The van der Waals surface area contributed by atoms with E-state index in [0.29, 0.717) is 11.5 Å². The molecule has 5 heteroatoms. The van der Waals surface area contributed by atoms with Crippen molar-refractivity contribution < 1.29 is 4.79 Å². The molecule has 25 heavy (non-hydrogen) atoms. The maximum atomic E-state index is 12.0. The smallest absolute Gasteiger partial charge is 0.256 e. The topological polar surface area (TPSA) is 70.7 Å². The lowest BCUT2D eigenvalue weighted by Gasteiger charge is -2.18. The van der Waals surface area contributed by atoms with E-state index >= 15 is 0 Å². The van der Waals surface area contributed by atoms with Gasteiger partial charge in [0.05, 0.1) is 5.69 Å². The number of nitrogens with two attached hydrogens (primary N) is 1. The molecule has 122 valence electrons. The van der Waals surface area contributed by atoms with Gasteiger partial charge in [-0.1, -0.05) is 30.3 Å². The summed E-state index contributed by atoms with van der Waals surface area (Å²) in [6, 6.07) is 17.7. The molecule has 0 saturated carbocycles. The second-order valence-corrected chi connectivity index (χ2v) is 6.31. The first kappa shape index (κ1) is 14.0. The van der Waals surface area contributed by atoms with E-state index in [2.05, 4.69) is 22.4 Å². The Morgan fingerprint density at radius 2 is 1.96 bits per heavy atom. The van der Waals surface area contributed by atoms with E-state index in [4.69, 9.17) is 5.73 Å². The molecule has 0 bridgehead atoms. The Labute approximate surface area is 144 Å². The van der Waals surface area contributed by atoms with Crippen LogP contribution in [0.3, 0.4) is 0 Å². The van der Waals surface area contributed by atoms with Gasteiger partial charge in [0.2, 0.25) is 5.96 Å². The van der Waals surface area contributed by atoms with Gasteiger partial charge in [0.25, 0.3) is 5.91 Å². The standard InChI is InChI=1S/C20H16N4O/c21-20(24-11-10-12-4-1-2-7-17(12)24)23-15-8-9-16-18-13(15)5-3-6-14(18)19(25)22-16/h1-9H,10-11H2,(H2,21,23)(H,22,25). The predicted molar refractivity (Wildman–Crippen MR) is 101 cm³/mol. The minimum absolute atomic E-state index is 0.0665. The van der Waals surface area contributed by atoms with E-state index in [1.165, 1.54) is 5.56 Å². The SMILES string of the molecule is NC(=Nc1ccc2c3c(cccc13)C(=O)N2)N1CCc2ccccc21. The summed E-state index contributed by atoms with van der Waals surface area (Å²) in [7, 11) is 0. The quantitative estimate of drug-likeness (QED) is 0.531. The Kier molecular flexibility index (Phi) is 2.85. The number of nitrogens with one attached hydrogen (secondary N) is 1. The average Bonchev–Trinajstić information content (AvgIpc) is 3.20. The third kappa shape index (κ3) is 2.02. The van der Waals surface area contributed by atoms with Gasteiger partial charge in [-0.3, -0.25) is 4.79 Å². The third-order valence-electron chi connectivity index (χ3n) is 4.91. The van der Waals surface area contributed by atoms with Crippen molar-refractivity contribution in [1.29, 1.82) is 0 Å². The fraction of sp³-hybridized carbons (Fsp3) is 0.100. The van der Waals surface area contributed by atoms with Gasteiger partial charge in [0.15, 0.2) is 0 Å². The monoisotopic (exact) mass is 328 g/mol. The first-order chi connectivity index (χ1) is 12.2.